The first-order valence-electron chi connectivity index (χ1n) is 10.9. The maximum absolute atomic E-state index is 13.2. The van der Waals surface area contributed by atoms with E-state index in [4.69, 9.17) is 4.74 Å². The number of nitrogens with one attached hydrogen (secondary N) is 1. The molecule has 33 heavy (non-hydrogen) atoms. The van der Waals surface area contributed by atoms with Crippen LogP contribution in [0.25, 0.3) is 11.3 Å². The highest BCUT2D eigenvalue weighted by atomic mass is 19.1. The molecule has 0 radical (unpaired) electrons. The standard InChI is InChI=1S/C27H22FN3O2/c28-21-13-11-19(12-14-21)25-16-26(30-17-29-25)33-22-8-3-7-20(15-22)27(32)31-24-10-4-6-18-5-1-2-9-23(18)24/h1-3,5,7-9,11-17,24H,4,6,10H2,(H,31,32)/t24-/m1/s1. The van der Waals surface area contributed by atoms with Crippen LogP contribution < -0.4 is 10.1 Å². The number of halogens is 1. The van der Waals surface area contributed by atoms with Crippen LogP contribution in [0.4, 0.5) is 4.39 Å². The van der Waals surface area contributed by atoms with Crippen LogP contribution in [-0.2, 0) is 6.42 Å². The van der Waals surface area contributed by atoms with Gasteiger partial charge in [0.25, 0.3) is 5.91 Å². The molecule has 0 aliphatic heterocycles. The lowest BCUT2D eigenvalue weighted by Gasteiger charge is -2.26. The number of hydrogen-bond donors (Lipinski definition) is 1. The predicted octanol–water partition coefficient (Wildman–Crippen LogP) is 5.88. The maximum Gasteiger partial charge on any atom is 0.251 e. The highest BCUT2D eigenvalue weighted by Crippen LogP contribution is 2.30. The summed E-state index contributed by atoms with van der Waals surface area (Å²) in [6.45, 7) is 0. The smallest absolute Gasteiger partial charge is 0.251 e. The number of aromatic nitrogens is 2. The van der Waals surface area contributed by atoms with Crippen LogP contribution in [0.3, 0.4) is 0 Å². The molecule has 3 aromatic carbocycles. The zero-order valence-electron chi connectivity index (χ0n) is 17.9. The fourth-order valence-electron chi connectivity index (χ4n) is 4.14. The molecule has 0 saturated heterocycles. The average molecular weight is 439 g/mol. The second-order valence-electron chi connectivity index (χ2n) is 8.00. The van der Waals surface area contributed by atoms with Crippen LogP contribution >= 0.6 is 0 Å². The zero-order chi connectivity index (χ0) is 22.6. The van der Waals surface area contributed by atoms with Gasteiger partial charge in [-0.2, -0.15) is 0 Å². The number of rotatable bonds is 5. The summed E-state index contributed by atoms with van der Waals surface area (Å²) in [6.07, 6.45) is 4.41. The summed E-state index contributed by atoms with van der Waals surface area (Å²) in [5.74, 6) is 0.381. The van der Waals surface area contributed by atoms with Crippen LogP contribution in [0.15, 0.2) is 85.2 Å². The average Bonchev–Trinajstić information content (AvgIpc) is 2.85. The Labute approximate surface area is 191 Å². The van der Waals surface area contributed by atoms with Crippen molar-refractivity contribution < 1.29 is 13.9 Å². The summed E-state index contributed by atoms with van der Waals surface area (Å²) in [5, 5.41) is 3.17. The van der Waals surface area contributed by atoms with Crippen LogP contribution in [0.2, 0.25) is 0 Å². The van der Waals surface area contributed by atoms with Crippen molar-refractivity contribution in [2.24, 2.45) is 0 Å². The third-order valence-electron chi connectivity index (χ3n) is 5.78. The summed E-state index contributed by atoms with van der Waals surface area (Å²) in [4.78, 5) is 21.4. The number of fused-ring (bicyclic) bond motifs is 1. The zero-order valence-corrected chi connectivity index (χ0v) is 17.9. The number of nitrogens with zero attached hydrogens (tertiary/aromatic N) is 2. The monoisotopic (exact) mass is 439 g/mol. The van der Waals surface area contributed by atoms with Gasteiger partial charge >= 0.3 is 0 Å². The van der Waals surface area contributed by atoms with Gasteiger partial charge in [-0.3, -0.25) is 4.79 Å². The molecule has 0 unspecified atom stereocenters. The van der Waals surface area contributed by atoms with Crippen molar-refractivity contribution >= 4 is 5.91 Å². The molecule has 4 aromatic rings. The Balaban J connectivity index is 1.31. The normalized spacial score (nSPS) is 14.9. The van der Waals surface area contributed by atoms with Gasteiger partial charge in [0, 0.05) is 17.2 Å². The Hall–Kier alpha value is -4.06. The molecule has 1 amide bonds. The highest BCUT2D eigenvalue weighted by molar-refractivity contribution is 5.94. The minimum absolute atomic E-state index is 0.00663. The van der Waals surface area contributed by atoms with Crippen LogP contribution in [0, 0.1) is 5.82 Å². The van der Waals surface area contributed by atoms with E-state index < -0.39 is 0 Å². The van der Waals surface area contributed by atoms with Gasteiger partial charge < -0.3 is 10.1 Å². The molecular weight excluding hydrogens is 417 g/mol. The van der Waals surface area contributed by atoms with Crippen LogP contribution in [-0.4, -0.2) is 15.9 Å². The van der Waals surface area contributed by atoms with Crippen molar-refractivity contribution in [2.75, 3.05) is 0 Å². The van der Waals surface area contributed by atoms with E-state index in [1.54, 1.807) is 42.5 Å². The number of carbonyl (C=O) groups excluding carboxylic acids is 1. The van der Waals surface area contributed by atoms with E-state index in [0.29, 0.717) is 22.9 Å². The molecule has 1 aliphatic rings. The lowest BCUT2D eigenvalue weighted by atomic mass is 9.87. The molecule has 0 spiro atoms. The molecule has 1 aromatic heterocycles. The number of benzene rings is 3. The van der Waals surface area contributed by atoms with E-state index in [1.165, 1.54) is 29.6 Å². The Bertz CT molecular complexity index is 1290. The van der Waals surface area contributed by atoms with Gasteiger partial charge in [0.15, 0.2) is 0 Å². The second-order valence-corrected chi connectivity index (χ2v) is 8.00. The summed E-state index contributed by atoms with van der Waals surface area (Å²) >= 11 is 0. The highest BCUT2D eigenvalue weighted by Gasteiger charge is 2.22. The fourth-order valence-corrected chi connectivity index (χ4v) is 4.14. The molecule has 5 nitrogen and oxygen atoms in total. The van der Waals surface area contributed by atoms with Crippen molar-refractivity contribution in [1.29, 1.82) is 0 Å². The molecule has 0 fully saturated rings. The lowest BCUT2D eigenvalue weighted by Crippen LogP contribution is -2.30. The first-order chi connectivity index (χ1) is 16.2. The molecule has 1 heterocycles. The Morgan fingerprint density at radius 1 is 0.970 bits per heavy atom. The number of ether oxygens (including phenoxy) is 1. The molecule has 1 atom stereocenters. The molecule has 1 aliphatic carbocycles. The van der Waals surface area contributed by atoms with Gasteiger partial charge in [0.1, 0.15) is 17.9 Å². The Morgan fingerprint density at radius 2 is 1.82 bits per heavy atom. The van der Waals surface area contributed by atoms with Crippen molar-refractivity contribution in [1.82, 2.24) is 15.3 Å². The van der Waals surface area contributed by atoms with Gasteiger partial charge in [-0.05, 0) is 72.9 Å². The first-order valence-corrected chi connectivity index (χ1v) is 10.9. The predicted molar refractivity (Wildman–Crippen MR) is 124 cm³/mol. The molecular formula is C27H22FN3O2. The van der Waals surface area contributed by atoms with E-state index in [1.807, 2.05) is 12.1 Å². The third kappa shape index (κ3) is 4.75. The SMILES string of the molecule is O=C(N[C@@H]1CCCc2ccccc21)c1cccc(Oc2cc(-c3ccc(F)cc3)ncn2)c1. The van der Waals surface area contributed by atoms with Gasteiger partial charge in [-0.1, -0.05) is 30.3 Å². The second kappa shape index (κ2) is 9.20. The fraction of sp³-hybridized carbons (Fsp3) is 0.148. The molecule has 164 valence electrons. The summed E-state index contributed by atoms with van der Waals surface area (Å²) in [6, 6.07) is 23.0. The largest absolute Gasteiger partial charge is 0.439 e. The summed E-state index contributed by atoms with van der Waals surface area (Å²) in [7, 11) is 0. The van der Waals surface area contributed by atoms with Crippen molar-refractivity contribution in [3.8, 4) is 22.9 Å². The summed E-state index contributed by atoms with van der Waals surface area (Å²) in [5.41, 5.74) is 4.38. The quantitative estimate of drug-likeness (QED) is 0.422. The van der Waals surface area contributed by atoms with Gasteiger partial charge in [-0.15, -0.1) is 0 Å². The maximum atomic E-state index is 13.2. The van der Waals surface area contributed by atoms with Crippen LogP contribution in [0.5, 0.6) is 11.6 Å². The number of hydrogen-bond acceptors (Lipinski definition) is 4. The minimum Gasteiger partial charge on any atom is -0.439 e. The van der Waals surface area contributed by atoms with Gasteiger partial charge in [-0.25, -0.2) is 14.4 Å². The van der Waals surface area contributed by atoms with E-state index >= 15 is 0 Å². The first kappa shape index (κ1) is 20.8. The van der Waals surface area contributed by atoms with Crippen molar-refractivity contribution in [2.45, 2.75) is 25.3 Å². The van der Waals surface area contributed by atoms with Crippen molar-refractivity contribution in [3.05, 3.63) is 108 Å². The topological polar surface area (TPSA) is 64.1 Å². The minimum atomic E-state index is -0.309. The summed E-state index contributed by atoms with van der Waals surface area (Å²) < 4.78 is 19.1. The van der Waals surface area contributed by atoms with E-state index in [9.17, 15) is 9.18 Å². The van der Waals surface area contributed by atoms with E-state index in [2.05, 4.69) is 27.4 Å². The van der Waals surface area contributed by atoms with E-state index in [0.717, 1.165) is 24.8 Å². The van der Waals surface area contributed by atoms with Crippen molar-refractivity contribution in [3.63, 3.8) is 0 Å². The molecule has 5 rings (SSSR count). The van der Waals surface area contributed by atoms with E-state index in [-0.39, 0.29) is 17.8 Å². The number of amides is 1. The molecule has 6 heteroatoms. The number of carbonyl (C=O) groups is 1. The Kier molecular flexibility index (Phi) is 5.81. The molecule has 0 bridgehead atoms. The lowest BCUT2D eigenvalue weighted by molar-refractivity contribution is 0.0932. The molecule has 0 saturated carbocycles. The molecule has 1 N–H and O–H groups in total. The third-order valence-corrected chi connectivity index (χ3v) is 5.78. The number of aryl methyl sites for hydroxylation is 1. The Morgan fingerprint density at radius 3 is 2.70 bits per heavy atom. The van der Waals surface area contributed by atoms with Gasteiger partial charge in [0.05, 0.1) is 11.7 Å². The van der Waals surface area contributed by atoms with Gasteiger partial charge in [0.2, 0.25) is 5.88 Å². The van der Waals surface area contributed by atoms with Crippen LogP contribution in [0.1, 0.15) is 40.4 Å².